The number of aromatic nitrogens is 2. The molecule has 16 heavy (non-hydrogen) atoms. The average molecular weight is 217 g/mol. The maximum Gasteiger partial charge on any atom is 0.269 e. The Kier molecular flexibility index (Phi) is 2.47. The van der Waals surface area contributed by atoms with E-state index >= 15 is 0 Å². The molecule has 0 unspecified atom stereocenters. The molecule has 6 nitrogen and oxygen atoms in total. The number of non-ortho nitro benzene ring substituents is 1. The van der Waals surface area contributed by atoms with Crippen molar-refractivity contribution in [2.75, 3.05) is 0 Å². The molecule has 0 aliphatic rings. The van der Waals surface area contributed by atoms with Gasteiger partial charge in [-0.15, -0.1) is 0 Å². The van der Waals surface area contributed by atoms with Crippen molar-refractivity contribution < 1.29 is 4.92 Å². The van der Waals surface area contributed by atoms with E-state index in [1.807, 2.05) is 0 Å². The summed E-state index contributed by atoms with van der Waals surface area (Å²) in [5, 5.41) is 10.4. The molecule has 1 heterocycles. The zero-order valence-electron chi connectivity index (χ0n) is 8.08. The molecule has 0 saturated heterocycles. The summed E-state index contributed by atoms with van der Waals surface area (Å²) in [4.78, 5) is 27.5. The molecule has 0 spiro atoms. The number of nitrogens with one attached hydrogen (secondary N) is 1. The summed E-state index contributed by atoms with van der Waals surface area (Å²) in [6.45, 7) is 0. The van der Waals surface area contributed by atoms with Crippen molar-refractivity contribution >= 4 is 5.69 Å². The van der Waals surface area contributed by atoms with E-state index < -0.39 is 4.92 Å². The van der Waals surface area contributed by atoms with E-state index in [0.717, 1.165) is 0 Å². The molecule has 0 aliphatic heterocycles. The summed E-state index contributed by atoms with van der Waals surface area (Å²) in [5.74, 6) is 0.391. The Bertz CT molecular complexity index is 574. The Labute approximate surface area is 89.7 Å². The first-order valence-electron chi connectivity index (χ1n) is 4.47. The van der Waals surface area contributed by atoms with Crippen LogP contribution >= 0.6 is 0 Å². The van der Waals surface area contributed by atoms with E-state index in [1.54, 1.807) is 0 Å². The lowest BCUT2D eigenvalue weighted by atomic mass is 10.2. The van der Waals surface area contributed by atoms with Crippen LogP contribution in [0.5, 0.6) is 0 Å². The number of nitro benzene ring substituents is 1. The first-order valence-corrected chi connectivity index (χ1v) is 4.47. The fourth-order valence-corrected chi connectivity index (χ4v) is 1.26. The Morgan fingerprint density at radius 1 is 1.19 bits per heavy atom. The highest BCUT2D eigenvalue weighted by Crippen LogP contribution is 2.17. The quantitative estimate of drug-likeness (QED) is 0.607. The highest BCUT2D eigenvalue weighted by atomic mass is 16.6. The lowest BCUT2D eigenvalue weighted by Gasteiger charge is -1.98. The van der Waals surface area contributed by atoms with Gasteiger partial charge in [-0.05, 0) is 12.1 Å². The average Bonchev–Trinajstić information content (AvgIpc) is 2.29. The molecule has 1 aromatic carbocycles. The monoisotopic (exact) mass is 217 g/mol. The van der Waals surface area contributed by atoms with Crippen molar-refractivity contribution in [1.82, 2.24) is 9.97 Å². The Balaban J connectivity index is 2.42. The fraction of sp³-hybridized carbons (Fsp3) is 0. The Hall–Kier alpha value is -2.50. The number of hydrogen-bond acceptors (Lipinski definition) is 4. The number of aromatic amines is 1. The van der Waals surface area contributed by atoms with Crippen LogP contribution in [0, 0.1) is 10.1 Å². The molecule has 1 aromatic heterocycles. The molecule has 0 bridgehead atoms. The molecular weight excluding hydrogens is 210 g/mol. The molecule has 2 aromatic rings. The molecule has 6 heteroatoms. The summed E-state index contributed by atoms with van der Waals surface area (Å²) < 4.78 is 0. The van der Waals surface area contributed by atoms with Crippen molar-refractivity contribution in [3.8, 4) is 11.4 Å². The van der Waals surface area contributed by atoms with Crippen molar-refractivity contribution in [2.24, 2.45) is 0 Å². The van der Waals surface area contributed by atoms with Gasteiger partial charge in [-0.25, -0.2) is 4.98 Å². The summed E-state index contributed by atoms with van der Waals surface area (Å²) >= 11 is 0. The van der Waals surface area contributed by atoms with Gasteiger partial charge in [-0.3, -0.25) is 14.9 Å². The lowest BCUT2D eigenvalue weighted by Crippen LogP contribution is -2.05. The van der Waals surface area contributed by atoms with Gasteiger partial charge in [0.25, 0.3) is 11.2 Å². The van der Waals surface area contributed by atoms with Crippen LogP contribution in [0.15, 0.2) is 41.3 Å². The summed E-state index contributed by atoms with van der Waals surface area (Å²) in [5.41, 5.74) is 0.369. The molecule has 0 fully saturated rings. The minimum Gasteiger partial charge on any atom is -0.307 e. The largest absolute Gasteiger partial charge is 0.307 e. The maximum absolute atomic E-state index is 11.0. The third-order valence-electron chi connectivity index (χ3n) is 2.02. The summed E-state index contributed by atoms with van der Waals surface area (Å²) in [6.07, 6.45) is 1.38. The first kappa shape index (κ1) is 10.0. The van der Waals surface area contributed by atoms with Gasteiger partial charge in [-0.2, -0.15) is 0 Å². The smallest absolute Gasteiger partial charge is 0.269 e. The molecule has 0 radical (unpaired) electrons. The van der Waals surface area contributed by atoms with E-state index in [9.17, 15) is 14.9 Å². The Morgan fingerprint density at radius 2 is 1.88 bits per heavy atom. The van der Waals surface area contributed by atoms with Crippen LogP contribution in [0.4, 0.5) is 5.69 Å². The minimum atomic E-state index is -0.481. The van der Waals surface area contributed by atoms with Gasteiger partial charge in [0, 0.05) is 30.0 Å². The number of H-pyrrole nitrogens is 1. The standard InChI is InChI=1S/C10H7N3O3/c14-9-5-6-11-10(12-9)7-1-3-8(4-2-7)13(15)16/h1-6H,(H,11,12,14). The van der Waals surface area contributed by atoms with Crippen molar-refractivity contribution in [3.63, 3.8) is 0 Å². The predicted molar refractivity (Wildman–Crippen MR) is 56.9 cm³/mol. The Morgan fingerprint density at radius 3 is 2.44 bits per heavy atom. The zero-order chi connectivity index (χ0) is 11.5. The minimum absolute atomic E-state index is 0.00188. The van der Waals surface area contributed by atoms with E-state index in [-0.39, 0.29) is 11.2 Å². The maximum atomic E-state index is 11.0. The molecule has 0 atom stereocenters. The van der Waals surface area contributed by atoms with Crippen LogP contribution in [0.2, 0.25) is 0 Å². The van der Waals surface area contributed by atoms with Gasteiger partial charge in [0.1, 0.15) is 5.82 Å². The molecule has 1 N–H and O–H groups in total. The summed E-state index contributed by atoms with van der Waals surface area (Å²) in [6, 6.07) is 7.10. The highest BCUT2D eigenvalue weighted by molar-refractivity contribution is 5.56. The summed E-state index contributed by atoms with van der Waals surface area (Å²) in [7, 11) is 0. The zero-order valence-corrected chi connectivity index (χ0v) is 8.08. The SMILES string of the molecule is O=c1ccnc(-c2ccc([N+](=O)[O-])cc2)[nH]1. The van der Waals surface area contributed by atoms with Gasteiger partial charge >= 0.3 is 0 Å². The number of hydrogen-bond donors (Lipinski definition) is 1. The van der Waals surface area contributed by atoms with Crippen LogP contribution in [-0.4, -0.2) is 14.9 Å². The molecule has 0 amide bonds. The fourth-order valence-electron chi connectivity index (χ4n) is 1.26. The van der Waals surface area contributed by atoms with E-state index in [0.29, 0.717) is 11.4 Å². The van der Waals surface area contributed by atoms with Gasteiger partial charge in [0.05, 0.1) is 4.92 Å². The molecule has 0 saturated carbocycles. The number of rotatable bonds is 2. The van der Waals surface area contributed by atoms with Crippen molar-refractivity contribution in [3.05, 3.63) is 57.0 Å². The van der Waals surface area contributed by atoms with Gasteiger partial charge in [-0.1, -0.05) is 0 Å². The number of benzene rings is 1. The second kappa shape index (κ2) is 3.93. The topological polar surface area (TPSA) is 88.9 Å². The van der Waals surface area contributed by atoms with Crippen LogP contribution in [-0.2, 0) is 0 Å². The van der Waals surface area contributed by atoms with Gasteiger partial charge in [0.2, 0.25) is 0 Å². The van der Waals surface area contributed by atoms with Crippen molar-refractivity contribution in [1.29, 1.82) is 0 Å². The second-order valence-corrected chi connectivity index (χ2v) is 3.09. The van der Waals surface area contributed by atoms with E-state index in [1.165, 1.54) is 36.5 Å². The lowest BCUT2D eigenvalue weighted by molar-refractivity contribution is -0.384. The van der Waals surface area contributed by atoms with Crippen LogP contribution < -0.4 is 5.56 Å². The van der Waals surface area contributed by atoms with E-state index in [2.05, 4.69) is 9.97 Å². The molecule has 2 rings (SSSR count). The number of nitrogens with zero attached hydrogens (tertiary/aromatic N) is 2. The number of nitro groups is 1. The van der Waals surface area contributed by atoms with Crippen LogP contribution in [0.25, 0.3) is 11.4 Å². The third kappa shape index (κ3) is 1.95. The van der Waals surface area contributed by atoms with Crippen molar-refractivity contribution in [2.45, 2.75) is 0 Å². The molecule has 80 valence electrons. The van der Waals surface area contributed by atoms with Crippen LogP contribution in [0.3, 0.4) is 0 Å². The van der Waals surface area contributed by atoms with Crippen LogP contribution in [0.1, 0.15) is 0 Å². The van der Waals surface area contributed by atoms with Gasteiger partial charge in [0.15, 0.2) is 0 Å². The first-order chi connectivity index (χ1) is 7.66. The normalized spacial score (nSPS) is 10.0. The highest BCUT2D eigenvalue weighted by Gasteiger charge is 2.05. The predicted octanol–water partition coefficient (Wildman–Crippen LogP) is 1.35. The molecular formula is C10H7N3O3. The second-order valence-electron chi connectivity index (χ2n) is 3.09. The van der Waals surface area contributed by atoms with E-state index in [4.69, 9.17) is 0 Å². The molecule has 0 aliphatic carbocycles. The van der Waals surface area contributed by atoms with Gasteiger partial charge < -0.3 is 4.98 Å². The third-order valence-corrected chi connectivity index (χ3v) is 2.02.